The number of halogens is 1. The molecule has 0 aromatic heterocycles. The van der Waals surface area contributed by atoms with E-state index in [1.807, 2.05) is 37.3 Å². The fourth-order valence-electron chi connectivity index (χ4n) is 1.49. The quantitative estimate of drug-likeness (QED) is 0.787. The Morgan fingerprint density at radius 1 is 1.06 bits per heavy atom. The second-order valence-electron chi connectivity index (χ2n) is 3.59. The van der Waals surface area contributed by atoms with Crippen molar-refractivity contribution >= 4 is 11.6 Å². The largest absolute Gasteiger partial charge is 0.456 e. The molecule has 0 atom stereocenters. The molecule has 0 heterocycles. The van der Waals surface area contributed by atoms with Gasteiger partial charge in [0.1, 0.15) is 23.1 Å². The van der Waals surface area contributed by atoms with Crippen LogP contribution in [0.4, 0.5) is 0 Å². The molecule has 0 amide bonds. The number of hydrogen-bond acceptors (Lipinski definition) is 2. The first-order valence-electron chi connectivity index (χ1n) is 5.14. The first kappa shape index (κ1) is 11.5. The van der Waals surface area contributed by atoms with Crippen LogP contribution in [0.3, 0.4) is 0 Å². The molecule has 0 bridgehead atoms. The SMILES string of the molecule is Cc1ccccc1Oc1cccc(Cl)c1C#N. The molecule has 0 unspecified atom stereocenters. The summed E-state index contributed by atoms with van der Waals surface area (Å²) in [6.07, 6.45) is 0. The van der Waals surface area contributed by atoms with Crippen molar-refractivity contribution in [2.24, 2.45) is 0 Å². The zero-order valence-electron chi connectivity index (χ0n) is 9.27. The highest BCUT2D eigenvalue weighted by Gasteiger charge is 2.09. The molecule has 0 spiro atoms. The molecule has 2 rings (SSSR count). The van der Waals surface area contributed by atoms with Gasteiger partial charge in [-0.1, -0.05) is 35.9 Å². The molecule has 0 radical (unpaired) electrons. The van der Waals surface area contributed by atoms with Crippen molar-refractivity contribution in [3.8, 4) is 17.6 Å². The van der Waals surface area contributed by atoms with Crippen molar-refractivity contribution < 1.29 is 4.74 Å². The van der Waals surface area contributed by atoms with Gasteiger partial charge < -0.3 is 4.74 Å². The van der Waals surface area contributed by atoms with Gasteiger partial charge in [-0.05, 0) is 30.7 Å². The molecule has 0 aliphatic rings. The van der Waals surface area contributed by atoms with Crippen LogP contribution in [0.25, 0.3) is 0 Å². The standard InChI is InChI=1S/C14H10ClNO/c1-10-5-2-3-7-13(10)17-14-8-4-6-12(15)11(14)9-16/h2-8H,1H3. The third-order valence-corrected chi connectivity index (χ3v) is 2.72. The molecule has 0 fully saturated rings. The molecule has 2 aromatic carbocycles. The van der Waals surface area contributed by atoms with Crippen LogP contribution in [-0.4, -0.2) is 0 Å². The van der Waals surface area contributed by atoms with Crippen LogP contribution in [0, 0.1) is 18.3 Å². The van der Waals surface area contributed by atoms with Crippen molar-refractivity contribution in [2.45, 2.75) is 6.92 Å². The molecule has 84 valence electrons. The van der Waals surface area contributed by atoms with E-state index in [0.29, 0.717) is 16.3 Å². The molecule has 2 aromatic rings. The Balaban J connectivity index is 2.41. The van der Waals surface area contributed by atoms with Crippen LogP contribution in [0.2, 0.25) is 5.02 Å². The Hall–Kier alpha value is -1.98. The highest BCUT2D eigenvalue weighted by molar-refractivity contribution is 6.31. The Kier molecular flexibility index (Phi) is 3.32. The number of hydrogen-bond donors (Lipinski definition) is 0. The highest BCUT2D eigenvalue weighted by atomic mass is 35.5. The fourth-order valence-corrected chi connectivity index (χ4v) is 1.70. The Morgan fingerprint density at radius 3 is 2.47 bits per heavy atom. The minimum atomic E-state index is 0.359. The van der Waals surface area contributed by atoms with E-state index in [1.54, 1.807) is 18.2 Å². The molecule has 0 N–H and O–H groups in total. The van der Waals surface area contributed by atoms with Crippen molar-refractivity contribution in [3.05, 3.63) is 58.6 Å². The van der Waals surface area contributed by atoms with Gasteiger partial charge in [0.2, 0.25) is 0 Å². The average molecular weight is 244 g/mol. The van der Waals surface area contributed by atoms with Gasteiger partial charge in [0.25, 0.3) is 0 Å². The Labute approximate surface area is 105 Å². The molecule has 0 saturated carbocycles. The van der Waals surface area contributed by atoms with Crippen LogP contribution in [0.5, 0.6) is 11.5 Å². The molecule has 17 heavy (non-hydrogen) atoms. The van der Waals surface area contributed by atoms with Crippen LogP contribution in [0.1, 0.15) is 11.1 Å². The van der Waals surface area contributed by atoms with Crippen molar-refractivity contribution in [2.75, 3.05) is 0 Å². The van der Waals surface area contributed by atoms with Gasteiger partial charge in [-0.3, -0.25) is 0 Å². The third-order valence-electron chi connectivity index (χ3n) is 2.40. The van der Waals surface area contributed by atoms with E-state index in [0.717, 1.165) is 11.3 Å². The lowest BCUT2D eigenvalue weighted by Gasteiger charge is -2.10. The van der Waals surface area contributed by atoms with Crippen molar-refractivity contribution in [3.63, 3.8) is 0 Å². The van der Waals surface area contributed by atoms with Crippen LogP contribution in [-0.2, 0) is 0 Å². The second kappa shape index (κ2) is 4.90. The predicted molar refractivity (Wildman–Crippen MR) is 67.4 cm³/mol. The second-order valence-corrected chi connectivity index (χ2v) is 4.00. The zero-order valence-corrected chi connectivity index (χ0v) is 10.0. The lowest BCUT2D eigenvalue weighted by molar-refractivity contribution is 0.477. The van der Waals surface area contributed by atoms with E-state index >= 15 is 0 Å². The summed E-state index contributed by atoms with van der Waals surface area (Å²) in [6, 6.07) is 14.8. The first-order chi connectivity index (χ1) is 8.22. The summed E-state index contributed by atoms with van der Waals surface area (Å²) in [6.45, 7) is 1.95. The minimum absolute atomic E-state index is 0.359. The van der Waals surface area contributed by atoms with E-state index in [-0.39, 0.29) is 0 Å². The number of para-hydroxylation sites is 1. The van der Waals surface area contributed by atoms with Gasteiger partial charge in [-0.2, -0.15) is 5.26 Å². The first-order valence-corrected chi connectivity index (χ1v) is 5.52. The van der Waals surface area contributed by atoms with Crippen LogP contribution in [0.15, 0.2) is 42.5 Å². The van der Waals surface area contributed by atoms with E-state index in [1.165, 1.54) is 0 Å². The summed E-state index contributed by atoms with van der Waals surface area (Å²) in [4.78, 5) is 0. The van der Waals surface area contributed by atoms with Crippen LogP contribution < -0.4 is 4.74 Å². The van der Waals surface area contributed by atoms with Gasteiger partial charge in [0.15, 0.2) is 0 Å². The molecule has 3 heteroatoms. The molecular formula is C14H10ClNO. The van der Waals surface area contributed by atoms with Gasteiger partial charge in [-0.25, -0.2) is 0 Å². The maximum Gasteiger partial charge on any atom is 0.146 e. The summed E-state index contributed by atoms with van der Waals surface area (Å²) < 4.78 is 5.71. The molecule has 0 aliphatic heterocycles. The fraction of sp³-hybridized carbons (Fsp3) is 0.0714. The maximum atomic E-state index is 9.03. The third kappa shape index (κ3) is 2.41. The van der Waals surface area contributed by atoms with Crippen molar-refractivity contribution in [1.82, 2.24) is 0 Å². The lowest BCUT2D eigenvalue weighted by atomic mass is 10.2. The van der Waals surface area contributed by atoms with E-state index in [9.17, 15) is 0 Å². The summed E-state index contributed by atoms with van der Waals surface area (Å²) in [5.41, 5.74) is 1.37. The van der Waals surface area contributed by atoms with Gasteiger partial charge in [0.05, 0.1) is 5.02 Å². The van der Waals surface area contributed by atoms with E-state index in [4.69, 9.17) is 21.6 Å². The lowest BCUT2D eigenvalue weighted by Crippen LogP contribution is -1.90. The average Bonchev–Trinajstić information content (AvgIpc) is 2.32. The van der Waals surface area contributed by atoms with Crippen molar-refractivity contribution in [1.29, 1.82) is 5.26 Å². The molecule has 0 aliphatic carbocycles. The number of benzene rings is 2. The maximum absolute atomic E-state index is 9.03. The smallest absolute Gasteiger partial charge is 0.146 e. The summed E-state index contributed by atoms with van der Waals surface area (Å²) in [5.74, 6) is 1.21. The number of ether oxygens (including phenoxy) is 1. The monoisotopic (exact) mass is 243 g/mol. The normalized spacial score (nSPS) is 9.71. The van der Waals surface area contributed by atoms with E-state index in [2.05, 4.69) is 0 Å². The number of aryl methyl sites for hydroxylation is 1. The number of nitriles is 1. The molecule has 2 nitrogen and oxygen atoms in total. The summed E-state index contributed by atoms with van der Waals surface area (Å²) in [7, 11) is 0. The Morgan fingerprint density at radius 2 is 1.76 bits per heavy atom. The van der Waals surface area contributed by atoms with E-state index < -0.39 is 0 Å². The molecular weight excluding hydrogens is 234 g/mol. The number of nitrogens with zero attached hydrogens (tertiary/aromatic N) is 1. The van der Waals surface area contributed by atoms with Gasteiger partial charge >= 0.3 is 0 Å². The highest BCUT2D eigenvalue weighted by Crippen LogP contribution is 2.30. The Bertz CT molecular complexity index is 587. The molecule has 0 saturated heterocycles. The zero-order chi connectivity index (χ0) is 12.3. The van der Waals surface area contributed by atoms with Crippen LogP contribution >= 0.6 is 11.6 Å². The summed E-state index contributed by atoms with van der Waals surface area (Å²) in [5, 5.41) is 9.43. The summed E-state index contributed by atoms with van der Waals surface area (Å²) >= 11 is 5.93. The van der Waals surface area contributed by atoms with Gasteiger partial charge in [-0.15, -0.1) is 0 Å². The van der Waals surface area contributed by atoms with Gasteiger partial charge in [0, 0.05) is 0 Å². The topological polar surface area (TPSA) is 33.0 Å². The minimum Gasteiger partial charge on any atom is -0.456 e. The number of rotatable bonds is 2. The predicted octanol–water partition coefficient (Wildman–Crippen LogP) is 4.31.